The highest BCUT2D eigenvalue weighted by Gasteiger charge is 2.41. The first-order chi connectivity index (χ1) is 16.4. The average Bonchev–Trinajstić information content (AvgIpc) is 3.63. The van der Waals surface area contributed by atoms with Crippen molar-refractivity contribution in [3.8, 4) is 22.8 Å². The van der Waals surface area contributed by atoms with Gasteiger partial charge in [0, 0.05) is 68.5 Å². The van der Waals surface area contributed by atoms with E-state index in [4.69, 9.17) is 31.8 Å². The number of halogens is 1. The van der Waals surface area contributed by atoms with Gasteiger partial charge in [-0.3, -0.25) is 0 Å². The Morgan fingerprint density at radius 3 is 2.59 bits per heavy atom. The number of aromatic nitrogens is 2. The SMILES string of the molecule is COc1cc(OCCN)c(-c2cn3ccc(N4CCN(S(=O)(=O)C5CC5)CC4)cc3n2)cc1Cl. The third-order valence-corrected chi connectivity index (χ3v) is 8.95. The van der Waals surface area contributed by atoms with E-state index in [1.807, 2.05) is 28.9 Å². The van der Waals surface area contributed by atoms with Gasteiger partial charge in [-0.05, 0) is 25.0 Å². The van der Waals surface area contributed by atoms with Crippen molar-refractivity contribution >= 4 is 33.0 Å². The van der Waals surface area contributed by atoms with E-state index in [-0.39, 0.29) is 5.25 Å². The van der Waals surface area contributed by atoms with E-state index in [0.717, 1.165) is 29.7 Å². The third kappa shape index (κ3) is 4.43. The molecule has 3 heterocycles. The van der Waals surface area contributed by atoms with Crippen LogP contribution in [0.2, 0.25) is 5.02 Å². The molecular weight excluding hydrogens is 478 g/mol. The van der Waals surface area contributed by atoms with Crippen LogP contribution in [-0.4, -0.2) is 73.8 Å². The van der Waals surface area contributed by atoms with Crippen LogP contribution in [0.1, 0.15) is 12.8 Å². The molecule has 2 aliphatic rings. The number of piperazine rings is 1. The number of nitrogens with two attached hydrogens (primary N) is 1. The van der Waals surface area contributed by atoms with Gasteiger partial charge in [0.05, 0.1) is 23.1 Å². The minimum absolute atomic E-state index is 0.163. The van der Waals surface area contributed by atoms with E-state index >= 15 is 0 Å². The number of imidazole rings is 1. The molecule has 1 aromatic carbocycles. The molecule has 0 bridgehead atoms. The number of anilines is 1. The van der Waals surface area contributed by atoms with Gasteiger partial charge in [-0.25, -0.2) is 13.4 Å². The summed E-state index contributed by atoms with van der Waals surface area (Å²) in [5, 5.41) is 0.304. The molecule has 0 atom stereocenters. The molecule has 2 fully saturated rings. The predicted molar refractivity (Wildman–Crippen MR) is 132 cm³/mol. The van der Waals surface area contributed by atoms with Crippen LogP contribution in [0.4, 0.5) is 5.69 Å². The zero-order valence-electron chi connectivity index (χ0n) is 19.0. The molecule has 3 aromatic rings. The first-order valence-corrected chi connectivity index (χ1v) is 13.2. The minimum atomic E-state index is -3.13. The van der Waals surface area contributed by atoms with Crippen LogP contribution in [0.15, 0.2) is 36.7 Å². The largest absolute Gasteiger partial charge is 0.495 e. The van der Waals surface area contributed by atoms with Crippen LogP contribution in [0, 0.1) is 0 Å². The van der Waals surface area contributed by atoms with Gasteiger partial charge < -0.3 is 24.5 Å². The van der Waals surface area contributed by atoms with Crippen molar-refractivity contribution in [2.24, 2.45) is 5.73 Å². The van der Waals surface area contributed by atoms with Crippen LogP contribution in [0.3, 0.4) is 0 Å². The van der Waals surface area contributed by atoms with Gasteiger partial charge >= 0.3 is 0 Å². The van der Waals surface area contributed by atoms with Crippen molar-refractivity contribution in [2.75, 3.05) is 51.3 Å². The molecule has 182 valence electrons. The molecule has 0 amide bonds. The van der Waals surface area contributed by atoms with Gasteiger partial charge in [-0.1, -0.05) is 11.6 Å². The average molecular weight is 506 g/mol. The van der Waals surface area contributed by atoms with E-state index in [1.54, 1.807) is 23.5 Å². The van der Waals surface area contributed by atoms with Crippen molar-refractivity contribution in [1.82, 2.24) is 13.7 Å². The molecule has 0 spiro atoms. The van der Waals surface area contributed by atoms with Gasteiger partial charge in [0.2, 0.25) is 10.0 Å². The maximum absolute atomic E-state index is 12.5. The van der Waals surface area contributed by atoms with Crippen LogP contribution in [0.25, 0.3) is 16.9 Å². The Labute approximate surface area is 204 Å². The monoisotopic (exact) mass is 505 g/mol. The first-order valence-electron chi connectivity index (χ1n) is 11.3. The van der Waals surface area contributed by atoms with Crippen molar-refractivity contribution in [2.45, 2.75) is 18.1 Å². The lowest BCUT2D eigenvalue weighted by atomic mass is 10.1. The third-order valence-electron chi connectivity index (χ3n) is 6.26. The van der Waals surface area contributed by atoms with Gasteiger partial charge in [0.25, 0.3) is 0 Å². The lowest BCUT2D eigenvalue weighted by Crippen LogP contribution is -2.49. The molecular formula is C23H28ClN5O4S. The Hall–Kier alpha value is -2.53. The number of ether oxygens (including phenoxy) is 2. The Bertz CT molecular complexity index is 1300. The molecule has 5 rings (SSSR count). The number of fused-ring (bicyclic) bond motifs is 1. The maximum Gasteiger partial charge on any atom is 0.217 e. The molecule has 2 aromatic heterocycles. The zero-order valence-corrected chi connectivity index (χ0v) is 20.6. The molecule has 1 aliphatic carbocycles. The zero-order chi connectivity index (χ0) is 23.9. The summed E-state index contributed by atoms with van der Waals surface area (Å²) in [5.74, 6) is 1.12. The van der Waals surface area contributed by atoms with Gasteiger partial charge in [-0.2, -0.15) is 4.31 Å². The maximum atomic E-state index is 12.5. The second-order valence-electron chi connectivity index (χ2n) is 8.53. The Balaban J connectivity index is 1.39. The molecule has 9 nitrogen and oxygen atoms in total. The number of benzene rings is 1. The number of nitrogens with zero attached hydrogens (tertiary/aromatic N) is 4. The molecule has 34 heavy (non-hydrogen) atoms. The van der Waals surface area contributed by atoms with E-state index in [2.05, 4.69) is 4.90 Å². The lowest BCUT2D eigenvalue weighted by molar-refractivity contribution is 0.326. The van der Waals surface area contributed by atoms with Crippen LogP contribution < -0.4 is 20.1 Å². The summed E-state index contributed by atoms with van der Waals surface area (Å²) in [6.07, 6.45) is 5.46. The molecule has 1 saturated carbocycles. The summed E-state index contributed by atoms with van der Waals surface area (Å²) in [7, 11) is -1.57. The molecule has 1 aliphatic heterocycles. The number of hydrogen-bond acceptors (Lipinski definition) is 7. The minimum Gasteiger partial charge on any atom is -0.495 e. The lowest BCUT2D eigenvalue weighted by Gasteiger charge is -2.35. The van der Waals surface area contributed by atoms with E-state index < -0.39 is 10.0 Å². The van der Waals surface area contributed by atoms with E-state index in [1.165, 1.54) is 0 Å². The highest BCUT2D eigenvalue weighted by atomic mass is 35.5. The number of pyridine rings is 1. The van der Waals surface area contributed by atoms with Gasteiger partial charge in [-0.15, -0.1) is 0 Å². The quantitative estimate of drug-likeness (QED) is 0.502. The molecule has 11 heteroatoms. The van der Waals surface area contributed by atoms with E-state index in [9.17, 15) is 8.42 Å². The first kappa shape index (κ1) is 23.2. The van der Waals surface area contributed by atoms with Crippen molar-refractivity contribution in [3.63, 3.8) is 0 Å². The van der Waals surface area contributed by atoms with Gasteiger partial charge in [0.15, 0.2) is 0 Å². The fourth-order valence-corrected chi connectivity index (χ4v) is 6.32. The Morgan fingerprint density at radius 2 is 1.91 bits per heavy atom. The van der Waals surface area contributed by atoms with Crippen LogP contribution >= 0.6 is 11.6 Å². The topological polar surface area (TPSA) is 102 Å². The second-order valence-corrected chi connectivity index (χ2v) is 11.1. The fraction of sp³-hybridized carbons (Fsp3) is 0.435. The van der Waals surface area contributed by atoms with Crippen molar-refractivity contribution < 1.29 is 17.9 Å². The number of methoxy groups -OCH3 is 1. The highest BCUT2D eigenvalue weighted by Crippen LogP contribution is 2.38. The van der Waals surface area contributed by atoms with Crippen LogP contribution in [0.5, 0.6) is 11.5 Å². The van der Waals surface area contributed by atoms with Gasteiger partial charge in [0.1, 0.15) is 23.8 Å². The number of sulfonamides is 1. The molecule has 0 unspecified atom stereocenters. The fourth-order valence-electron chi connectivity index (χ4n) is 4.25. The summed E-state index contributed by atoms with van der Waals surface area (Å²) in [6, 6.07) is 7.57. The summed E-state index contributed by atoms with van der Waals surface area (Å²) < 4.78 is 39.8. The summed E-state index contributed by atoms with van der Waals surface area (Å²) >= 11 is 6.38. The molecule has 0 radical (unpaired) electrons. The number of hydrogen-bond donors (Lipinski definition) is 1. The normalized spacial score (nSPS) is 17.3. The van der Waals surface area contributed by atoms with Crippen molar-refractivity contribution in [3.05, 3.63) is 41.7 Å². The standard InChI is InChI=1S/C23H28ClN5O4S/c1-32-22-14-21(33-11-5-25)18(13-19(22)24)20-15-28-6-4-16(12-23(28)26-20)27-7-9-29(10-8-27)34(30,31)17-2-3-17/h4,6,12-15,17H,2-3,5,7-11,25H2,1H3. The predicted octanol–water partition coefficient (Wildman–Crippen LogP) is 2.62. The summed E-state index contributed by atoms with van der Waals surface area (Å²) in [6.45, 7) is 3.07. The summed E-state index contributed by atoms with van der Waals surface area (Å²) in [4.78, 5) is 7.01. The second kappa shape index (κ2) is 9.26. The van der Waals surface area contributed by atoms with E-state index in [0.29, 0.717) is 61.5 Å². The highest BCUT2D eigenvalue weighted by molar-refractivity contribution is 7.90. The Kier molecular flexibility index (Phi) is 6.32. The van der Waals surface area contributed by atoms with Crippen LogP contribution in [-0.2, 0) is 10.0 Å². The smallest absolute Gasteiger partial charge is 0.217 e. The molecule has 1 saturated heterocycles. The summed E-state index contributed by atoms with van der Waals surface area (Å²) in [5.41, 5.74) is 8.88. The van der Waals surface area contributed by atoms with Crippen molar-refractivity contribution in [1.29, 1.82) is 0 Å². The molecule has 2 N–H and O–H groups in total. The Morgan fingerprint density at radius 1 is 1.15 bits per heavy atom. The number of rotatable bonds is 8.